The summed E-state index contributed by atoms with van der Waals surface area (Å²) in [6.07, 6.45) is -3.37. The first kappa shape index (κ1) is 18.0. The molecular formula is C19H20F3N3O2. The van der Waals surface area contributed by atoms with Gasteiger partial charge in [0.25, 0.3) is 5.91 Å². The Kier molecular flexibility index (Phi) is 4.25. The highest BCUT2D eigenvalue weighted by Crippen LogP contribution is 2.45. The van der Waals surface area contributed by atoms with Gasteiger partial charge in [-0.15, -0.1) is 0 Å². The van der Waals surface area contributed by atoms with Crippen molar-refractivity contribution >= 4 is 5.91 Å². The number of amides is 1. The lowest BCUT2D eigenvalue weighted by Gasteiger charge is -2.38. The maximum Gasteiger partial charge on any atom is 0.416 e. The number of carbonyl (C=O) groups is 1. The average Bonchev–Trinajstić information content (AvgIpc) is 3.15. The first-order valence-corrected chi connectivity index (χ1v) is 8.92. The first-order chi connectivity index (χ1) is 12.8. The van der Waals surface area contributed by atoms with Crippen molar-refractivity contribution < 1.29 is 22.5 Å². The summed E-state index contributed by atoms with van der Waals surface area (Å²) in [5.74, 6) is 1.56. The first-order valence-electron chi connectivity index (χ1n) is 8.92. The van der Waals surface area contributed by atoms with Crippen molar-refractivity contribution in [3.8, 4) is 11.3 Å². The third-order valence-corrected chi connectivity index (χ3v) is 5.85. The lowest BCUT2D eigenvalue weighted by atomic mass is 9.67. The monoisotopic (exact) mass is 379 g/mol. The van der Waals surface area contributed by atoms with E-state index in [-0.39, 0.29) is 11.6 Å². The van der Waals surface area contributed by atoms with Crippen LogP contribution < -0.4 is 5.73 Å². The molecule has 0 radical (unpaired) electrons. The number of carbonyl (C=O) groups excluding carboxylic acids is 1. The summed E-state index contributed by atoms with van der Waals surface area (Å²) >= 11 is 0. The second kappa shape index (κ2) is 6.37. The Hall–Kier alpha value is -2.35. The van der Waals surface area contributed by atoms with Crippen LogP contribution in [-0.4, -0.2) is 35.6 Å². The molecule has 2 N–H and O–H groups in total. The minimum Gasteiger partial charge on any atom is -0.360 e. The largest absolute Gasteiger partial charge is 0.416 e. The molecule has 3 atom stereocenters. The molecule has 2 aromatic rings. The van der Waals surface area contributed by atoms with Crippen molar-refractivity contribution in [1.29, 1.82) is 0 Å². The Labute approximate surface area is 154 Å². The van der Waals surface area contributed by atoms with E-state index in [4.69, 9.17) is 10.3 Å². The number of nitrogens with two attached hydrogens (primary N) is 1. The van der Waals surface area contributed by atoms with Crippen molar-refractivity contribution in [2.75, 3.05) is 19.6 Å². The van der Waals surface area contributed by atoms with Gasteiger partial charge >= 0.3 is 6.18 Å². The standard InChI is InChI=1S/C19H20F3N3O2/c1-10-16(18(26)25-8-13-6-12(7-23)15(13)9-25)17(24-27-10)11-2-4-14(5-3-11)19(20,21)22/h2-5,12-13,15H,6-9,23H2,1H3. The molecule has 4 rings (SSSR count). The fourth-order valence-corrected chi connectivity index (χ4v) is 4.28. The maximum absolute atomic E-state index is 13.1. The van der Waals surface area contributed by atoms with Gasteiger partial charge in [-0.3, -0.25) is 4.79 Å². The van der Waals surface area contributed by atoms with E-state index in [9.17, 15) is 18.0 Å². The number of halogens is 3. The minimum absolute atomic E-state index is 0.186. The van der Waals surface area contributed by atoms with Gasteiger partial charge in [0.2, 0.25) is 0 Å². The van der Waals surface area contributed by atoms with E-state index in [1.807, 2.05) is 0 Å². The van der Waals surface area contributed by atoms with Crippen molar-refractivity contribution in [2.45, 2.75) is 19.5 Å². The summed E-state index contributed by atoms with van der Waals surface area (Å²) in [7, 11) is 0. The zero-order valence-corrected chi connectivity index (χ0v) is 14.8. The number of aryl methyl sites for hydroxylation is 1. The number of hydrogen-bond acceptors (Lipinski definition) is 4. The van der Waals surface area contributed by atoms with Crippen molar-refractivity contribution in [1.82, 2.24) is 10.1 Å². The van der Waals surface area contributed by atoms with E-state index in [0.717, 1.165) is 18.6 Å². The smallest absolute Gasteiger partial charge is 0.360 e. The lowest BCUT2D eigenvalue weighted by molar-refractivity contribution is -0.137. The van der Waals surface area contributed by atoms with E-state index in [2.05, 4.69) is 5.16 Å². The maximum atomic E-state index is 13.1. The fourth-order valence-electron chi connectivity index (χ4n) is 4.28. The second-order valence-electron chi connectivity index (χ2n) is 7.40. The van der Waals surface area contributed by atoms with Crippen molar-refractivity contribution in [3.05, 3.63) is 41.2 Å². The molecule has 2 fully saturated rings. The van der Waals surface area contributed by atoms with E-state index >= 15 is 0 Å². The van der Waals surface area contributed by atoms with Gasteiger partial charge in [0.1, 0.15) is 17.0 Å². The molecule has 1 amide bonds. The lowest BCUT2D eigenvalue weighted by Crippen LogP contribution is -2.40. The number of alkyl halides is 3. The third-order valence-electron chi connectivity index (χ3n) is 5.85. The minimum atomic E-state index is -4.41. The number of hydrogen-bond donors (Lipinski definition) is 1. The summed E-state index contributed by atoms with van der Waals surface area (Å²) in [4.78, 5) is 14.9. The van der Waals surface area contributed by atoms with Gasteiger partial charge in [-0.1, -0.05) is 17.3 Å². The predicted octanol–water partition coefficient (Wildman–Crippen LogP) is 3.34. The number of aromatic nitrogens is 1. The molecule has 2 heterocycles. The molecule has 8 heteroatoms. The molecule has 2 aliphatic rings. The van der Waals surface area contributed by atoms with Crippen LogP contribution in [-0.2, 0) is 6.18 Å². The summed E-state index contributed by atoms with van der Waals surface area (Å²) in [5.41, 5.74) is 6.04. The number of fused-ring (bicyclic) bond motifs is 1. The van der Waals surface area contributed by atoms with Gasteiger partial charge < -0.3 is 15.2 Å². The fraction of sp³-hybridized carbons (Fsp3) is 0.474. The Morgan fingerprint density at radius 2 is 2.00 bits per heavy atom. The van der Waals surface area contributed by atoms with Crippen LogP contribution >= 0.6 is 0 Å². The van der Waals surface area contributed by atoms with Gasteiger partial charge in [-0.05, 0) is 49.8 Å². The van der Waals surface area contributed by atoms with Crippen LogP contribution in [0.5, 0.6) is 0 Å². The Balaban J connectivity index is 1.60. The van der Waals surface area contributed by atoms with Gasteiger partial charge in [-0.2, -0.15) is 13.2 Å². The SMILES string of the molecule is Cc1onc(-c2ccc(C(F)(F)F)cc2)c1C(=O)N1CC2CC(CN)C2C1. The van der Waals surface area contributed by atoms with Crippen LogP contribution in [0.1, 0.15) is 28.1 Å². The molecule has 1 aromatic heterocycles. The zero-order chi connectivity index (χ0) is 19.3. The van der Waals surface area contributed by atoms with Crippen LogP contribution in [0.25, 0.3) is 11.3 Å². The van der Waals surface area contributed by atoms with Crippen LogP contribution in [0.2, 0.25) is 0 Å². The highest BCUT2D eigenvalue weighted by Gasteiger charge is 2.48. The summed E-state index contributed by atoms with van der Waals surface area (Å²) < 4.78 is 43.5. The normalized spacial score (nSPS) is 24.6. The highest BCUT2D eigenvalue weighted by molar-refractivity contribution is 6.01. The van der Waals surface area contributed by atoms with Crippen LogP contribution in [0.15, 0.2) is 28.8 Å². The van der Waals surface area contributed by atoms with Gasteiger partial charge in [0.15, 0.2) is 0 Å². The molecular weight excluding hydrogens is 359 g/mol. The van der Waals surface area contributed by atoms with Gasteiger partial charge in [0.05, 0.1) is 5.56 Å². The van der Waals surface area contributed by atoms with Gasteiger partial charge in [0, 0.05) is 18.7 Å². The molecule has 1 saturated heterocycles. The number of nitrogens with zero attached hydrogens (tertiary/aromatic N) is 2. The molecule has 1 saturated carbocycles. The molecule has 27 heavy (non-hydrogen) atoms. The Bertz CT molecular complexity index is 860. The highest BCUT2D eigenvalue weighted by atomic mass is 19.4. The molecule has 1 aliphatic carbocycles. The average molecular weight is 379 g/mol. The zero-order valence-electron chi connectivity index (χ0n) is 14.8. The van der Waals surface area contributed by atoms with Crippen molar-refractivity contribution in [3.63, 3.8) is 0 Å². The van der Waals surface area contributed by atoms with E-state index < -0.39 is 11.7 Å². The number of rotatable bonds is 3. The second-order valence-corrected chi connectivity index (χ2v) is 7.40. The molecule has 0 spiro atoms. The topological polar surface area (TPSA) is 72.4 Å². The van der Waals surface area contributed by atoms with E-state index in [0.29, 0.717) is 54.3 Å². The molecule has 1 aliphatic heterocycles. The summed E-state index contributed by atoms with van der Waals surface area (Å²) in [6.45, 7) is 3.60. The molecule has 3 unspecified atom stereocenters. The van der Waals surface area contributed by atoms with Crippen LogP contribution in [0, 0.1) is 24.7 Å². The molecule has 0 bridgehead atoms. The summed E-state index contributed by atoms with van der Waals surface area (Å²) in [6, 6.07) is 4.59. The number of likely N-dealkylation sites (tertiary alicyclic amines) is 1. The van der Waals surface area contributed by atoms with E-state index in [1.165, 1.54) is 12.1 Å². The Morgan fingerprint density at radius 1 is 1.30 bits per heavy atom. The third kappa shape index (κ3) is 3.01. The molecule has 144 valence electrons. The van der Waals surface area contributed by atoms with Crippen molar-refractivity contribution in [2.24, 2.45) is 23.5 Å². The van der Waals surface area contributed by atoms with Crippen LogP contribution in [0.3, 0.4) is 0 Å². The van der Waals surface area contributed by atoms with Crippen LogP contribution in [0.4, 0.5) is 13.2 Å². The quantitative estimate of drug-likeness (QED) is 0.888. The molecule has 5 nitrogen and oxygen atoms in total. The Morgan fingerprint density at radius 3 is 2.63 bits per heavy atom. The predicted molar refractivity (Wildman–Crippen MR) is 91.7 cm³/mol. The van der Waals surface area contributed by atoms with E-state index in [1.54, 1.807) is 11.8 Å². The summed E-state index contributed by atoms with van der Waals surface area (Å²) in [5, 5.41) is 3.93. The van der Waals surface area contributed by atoms with Gasteiger partial charge in [-0.25, -0.2) is 0 Å². The molecule has 1 aromatic carbocycles. The number of benzene rings is 1.